The minimum Gasteiger partial charge on any atom is -0.318 e. The highest BCUT2D eigenvalue weighted by Gasteiger charge is 2.14. The minimum atomic E-state index is -0.531. The number of amides is 1. The number of carbonyl (C=O) groups is 1. The van der Waals surface area contributed by atoms with Gasteiger partial charge in [0.1, 0.15) is 11.5 Å². The Balaban J connectivity index is 2.24. The van der Waals surface area contributed by atoms with Crippen LogP contribution in [-0.4, -0.2) is 16.1 Å². The van der Waals surface area contributed by atoms with Gasteiger partial charge < -0.3 is 5.32 Å². The monoisotopic (exact) mass is 253 g/mol. The standard InChI is InChI=1S/C11H9ClFN3O/c1-6-2-3-8(13)9(4-6)15-11(17)10-7(12)5-14-16-10/h2-5H,1H3,(H,14,16)(H,15,17). The molecule has 2 rings (SSSR count). The summed E-state index contributed by atoms with van der Waals surface area (Å²) in [5.74, 6) is -1.03. The summed E-state index contributed by atoms with van der Waals surface area (Å²) in [7, 11) is 0. The van der Waals surface area contributed by atoms with E-state index in [0.29, 0.717) is 0 Å². The molecule has 2 N–H and O–H groups in total. The van der Waals surface area contributed by atoms with Gasteiger partial charge in [0.2, 0.25) is 0 Å². The molecule has 0 radical (unpaired) electrons. The van der Waals surface area contributed by atoms with Crippen LogP contribution in [0.2, 0.25) is 5.02 Å². The van der Waals surface area contributed by atoms with E-state index in [9.17, 15) is 9.18 Å². The summed E-state index contributed by atoms with van der Waals surface area (Å²) < 4.78 is 13.4. The number of aromatic amines is 1. The van der Waals surface area contributed by atoms with E-state index in [0.717, 1.165) is 5.56 Å². The highest BCUT2D eigenvalue weighted by atomic mass is 35.5. The highest BCUT2D eigenvalue weighted by Crippen LogP contribution is 2.18. The molecular weight excluding hydrogens is 245 g/mol. The summed E-state index contributed by atoms with van der Waals surface area (Å²) in [6.45, 7) is 1.80. The summed E-state index contributed by atoms with van der Waals surface area (Å²) in [4.78, 5) is 11.7. The van der Waals surface area contributed by atoms with E-state index in [2.05, 4.69) is 15.5 Å². The molecule has 1 amide bonds. The molecule has 4 nitrogen and oxygen atoms in total. The van der Waals surface area contributed by atoms with Gasteiger partial charge in [-0.15, -0.1) is 0 Å². The van der Waals surface area contributed by atoms with E-state index >= 15 is 0 Å². The molecule has 6 heteroatoms. The molecule has 1 aromatic carbocycles. The van der Waals surface area contributed by atoms with E-state index in [1.54, 1.807) is 13.0 Å². The number of hydrogen-bond acceptors (Lipinski definition) is 2. The van der Waals surface area contributed by atoms with Crippen LogP contribution in [0, 0.1) is 12.7 Å². The van der Waals surface area contributed by atoms with Crippen molar-refractivity contribution >= 4 is 23.2 Å². The van der Waals surface area contributed by atoms with Crippen LogP contribution < -0.4 is 5.32 Å². The number of anilines is 1. The van der Waals surface area contributed by atoms with Gasteiger partial charge in [0.15, 0.2) is 0 Å². The fourth-order valence-corrected chi connectivity index (χ4v) is 1.53. The van der Waals surface area contributed by atoms with Crippen molar-refractivity contribution in [3.05, 3.63) is 46.5 Å². The van der Waals surface area contributed by atoms with Crippen molar-refractivity contribution in [3.63, 3.8) is 0 Å². The van der Waals surface area contributed by atoms with Gasteiger partial charge in [-0.3, -0.25) is 9.89 Å². The second-order valence-electron chi connectivity index (χ2n) is 3.53. The largest absolute Gasteiger partial charge is 0.318 e. The zero-order valence-electron chi connectivity index (χ0n) is 8.92. The van der Waals surface area contributed by atoms with Crippen LogP contribution in [0.15, 0.2) is 24.4 Å². The zero-order valence-corrected chi connectivity index (χ0v) is 9.68. The van der Waals surface area contributed by atoms with Crippen LogP contribution in [0.1, 0.15) is 16.1 Å². The molecule has 0 fully saturated rings. The Morgan fingerprint density at radius 3 is 2.94 bits per heavy atom. The lowest BCUT2D eigenvalue weighted by atomic mass is 10.2. The summed E-state index contributed by atoms with van der Waals surface area (Å²) in [6.07, 6.45) is 1.31. The Morgan fingerprint density at radius 1 is 1.53 bits per heavy atom. The lowest BCUT2D eigenvalue weighted by Crippen LogP contribution is -2.14. The molecule has 0 bridgehead atoms. The average Bonchev–Trinajstić information content (AvgIpc) is 2.70. The van der Waals surface area contributed by atoms with Gasteiger partial charge in [-0.25, -0.2) is 4.39 Å². The van der Waals surface area contributed by atoms with Gasteiger partial charge in [-0.1, -0.05) is 17.7 Å². The van der Waals surface area contributed by atoms with Crippen molar-refractivity contribution in [1.29, 1.82) is 0 Å². The molecule has 0 atom stereocenters. The lowest BCUT2D eigenvalue weighted by Gasteiger charge is -2.06. The number of hydrogen-bond donors (Lipinski definition) is 2. The first-order valence-corrected chi connectivity index (χ1v) is 5.22. The molecule has 88 valence electrons. The summed E-state index contributed by atoms with van der Waals surface area (Å²) in [5, 5.41) is 8.67. The number of nitrogens with one attached hydrogen (secondary N) is 2. The highest BCUT2D eigenvalue weighted by molar-refractivity contribution is 6.34. The van der Waals surface area contributed by atoms with Crippen LogP contribution in [0.5, 0.6) is 0 Å². The van der Waals surface area contributed by atoms with Crippen LogP contribution in [0.3, 0.4) is 0 Å². The van der Waals surface area contributed by atoms with E-state index < -0.39 is 11.7 Å². The average molecular weight is 254 g/mol. The molecule has 0 aliphatic heterocycles. The van der Waals surface area contributed by atoms with Crippen molar-refractivity contribution in [3.8, 4) is 0 Å². The third kappa shape index (κ3) is 2.45. The van der Waals surface area contributed by atoms with Crippen molar-refractivity contribution in [2.75, 3.05) is 5.32 Å². The Hall–Kier alpha value is -1.88. The van der Waals surface area contributed by atoms with Gasteiger partial charge in [0.05, 0.1) is 16.9 Å². The first-order chi connectivity index (χ1) is 8.08. The topological polar surface area (TPSA) is 57.8 Å². The predicted octanol–water partition coefficient (Wildman–Crippen LogP) is 2.76. The number of benzene rings is 1. The SMILES string of the molecule is Cc1ccc(F)c(NC(=O)c2[nH]ncc2Cl)c1. The number of halogens is 2. The van der Waals surface area contributed by atoms with Crippen LogP contribution >= 0.6 is 11.6 Å². The first-order valence-electron chi connectivity index (χ1n) is 4.84. The van der Waals surface area contributed by atoms with Gasteiger partial charge in [0, 0.05) is 0 Å². The maximum atomic E-state index is 13.4. The molecule has 0 saturated heterocycles. The second kappa shape index (κ2) is 4.55. The summed E-state index contributed by atoms with van der Waals surface area (Å²) >= 11 is 5.72. The Labute approximate surface area is 102 Å². The molecule has 0 aliphatic carbocycles. The molecule has 1 aromatic heterocycles. The molecule has 0 saturated carbocycles. The third-order valence-electron chi connectivity index (χ3n) is 2.19. The number of aromatic nitrogens is 2. The summed E-state index contributed by atoms with van der Waals surface area (Å²) in [6, 6.07) is 4.45. The fourth-order valence-electron chi connectivity index (χ4n) is 1.35. The molecule has 0 spiro atoms. The van der Waals surface area contributed by atoms with Crippen molar-refractivity contribution < 1.29 is 9.18 Å². The smallest absolute Gasteiger partial charge is 0.275 e. The molecular formula is C11H9ClFN3O. The molecule has 0 aliphatic rings. The first kappa shape index (κ1) is 11.6. The molecule has 1 heterocycles. The second-order valence-corrected chi connectivity index (χ2v) is 3.94. The minimum absolute atomic E-state index is 0.104. The van der Waals surface area contributed by atoms with E-state index in [4.69, 9.17) is 11.6 Å². The number of H-pyrrole nitrogens is 1. The number of nitrogens with zero attached hydrogens (tertiary/aromatic N) is 1. The van der Waals surface area contributed by atoms with E-state index in [1.807, 2.05) is 0 Å². The summed E-state index contributed by atoms with van der Waals surface area (Å²) in [5.41, 5.74) is 1.06. The number of rotatable bonds is 2. The maximum Gasteiger partial charge on any atom is 0.275 e. The normalized spacial score (nSPS) is 10.3. The third-order valence-corrected chi connectivity index (χ3v) is 2.48. The van der Waals surface area contributed by atoms with Gasteiger partial charge in [-0.2, -0.15) is 5.10 Å². The van der Waals surface area contributed by atoms with Gasteiger partial charge in [0.25, 0.3) is 5.91 Å². The fraction of sp³-hybridized carbons (Fsp3) is 0.0909. The molecule has 2 aromatic rings. The number of carbonyl (C=O) groups excluding carboxylic acids is 1. The van der Waals surface area contributed by atoms with Crippen LogP contribution in [-0.2, 0) is 0 Å². The lowest BCUT2D eigenvalue weighted by molar-refractivity contribution is 0.102. The quantitative estimate of drug-likeness (QED) is 0.865. The van der Waals surface area contributed by atoms with Crippen molar-refractivity contribution in [2.45, 2.75) is 6.92 Å². The van der Waals surface area contributed by atoms with Gasteiger partial charge in [-0.05, 0) is 24.6 Å². The zero-order chi connectivity index (χ0) is 12.4. The Kier molecular flexibility index (Phi) is 3.10. The Morgan fingerprint density at radius 2 is 2.29 bits per heavy atom. The Bertz CT molecular complexity index is 568. The van der Waals surface area contributed by atoms with Crippen molar-refractivity contribution in [1.82, 2.24) is 10.2 Å². The van der Waals surface area contributed by atoms with E-state index in [1.165, 1.54) is 18.3 Å². The van der Waals surface area contributed by atoms with Gasteiger partial charge >= 0.3 is 0 Å². The van der Waals surface area contributed by atoms with Crippen LogP contribution in [0.25, 0.3) is 0 Å². The number of aryl methyl sites for hydroxylation is 1. The van der Waals surface area contributed by atoms with E-state index in [-0.39, 0.29) is 16.4 Å². The predicted molar refractivity (Wildman–Crippen MR) is 62.7 cm³/mol. The maximum absolute atomic E-state index is 13.4. The van der Waals surface area contributed by atoms with Crippen LogP contribution in [0.4, 0.5) is 10.1 Å². The molecule has 17 heavy (non-hydrogen) atoms. The van der Waals surface area contributed by atoms with Crippen molar-refractivity contribution in [2.24, 2.45) is 0 Å². The molecule has 0 unspecified atom stereocenters.